The Morgan fingerprint density at radius 2 is 1.95 bits per heavy atom. The zero-order valence-corrected chi connectivity index (χ0v) is 12.4. The Bertz CT molecular complexity index is 353. The van der Waals surface area contributed by atoms with Crippen molar-refractivity contribution in [1.29, 1.82) is 0 Å². The Labute approximate surface area is 117 Å². The molecule has 0 bridgehead atoms. The van der Waals surface area contributed by atoms with E-state index in [2.05, 4.69) is 52.1 Å². The van der Waals surface area contributed by atoms with Gasteiger partial charge < -0.3 is 14.8 Å². The number of nitrogens with one attached hydrogen (secondary N) is 1. The number of piperazine rings is 1. The average molecular weight is 264 g/mol. The predicted octanol–water partition coefficient (Wildman–Crippen LogP) is 1.24. The Balaban J connectivity index is 1.58. The highest BCUT2D eigenvalue weighted by Crippen LogP contribution is 2.02. The summed E-state index contributed by atoms with van der Waals surface area (Å²) in [5.74, 6) is 0. The minimum atomic E-state index is 0.991. The summed E-state index contributed by atoms with van der Waals surface area (Å²) >= 11 is 0. The molecule has 2 rings (SSSR count). The molecule has 1 fully saturated rings. The zero-order valence-electron chi connectivity index (χ0n) is 12.4. The first-order valence-electron chi connectivity index (χ1n) is 7.54. The minimum absolute atomic E-state index is 0.991. The van der Waals surface area contributed by atoms with Crippen molar-refractivity contribution in [3.8, 4) is 0 Å². The minimum Gasteiger partial charge on any atom is -0.354 e. The van der Waals surface area contributed by atoms with Crippen molar-refractivity contribution in [1.82, 2.24) is 19.7 Å². The van der Waals surface area contributed by atoms with Crippen LogP contribution in [0.1, 0.15) is 18.9 Å². The molecule has 108 valence electrons. The lowest BCUT2D eigenvalue weighted by atomic mass is 10.3. The van der Waals surface area contributed by atoms with Crippen molar-refractivity contribution in [2.45, 2.75) is 26.4 Å². The molecule has 1 N–H and O–H groups in total. The topological polar surface area (TPSA) is 23.4 Å². The van der Waals surface area contributed by atoms with Crippen molar-refractivity contribution >= 4 is 0 Å². The van der Waals surface area contributed by atoms with Crippen LogP contribution in [0, 0.1) is 0 Å². The maximum Gasteiger partial charge on any atom is 0.0221 e. The molecule has 2 heterocycles. The Kier molecular flexibility index (Phi) is 5.89. The van der Waals surface area contributed by atoms with E-state index in [1.807, 2.05) is 0 Å². The van der Waals surface area contributed by atoms with Gasteiger partial charge in [0.05, 0.1) is 0 Å². The normalized spacial score (nSPS) is 18.0. The van der Waals surface area contributed by atoms with Gasteiger partial charge in [0.1, 0.15) is 0 Å². The third-order valence-corrected chi connectivity index (χ3v) is 3.82. The molecule has 0 aromatic carbocycles. The molecule has 0 unspecified atom stereocenters. The highest BCUT2D eigenvalue weighted by atomic mass is 15.2. The summed E-state index contributed by atoms with van der Waals surface area (Å²) < 4.78 is 2.28. The fraction of sp³-hybridized carbons (Fsp3) is 0.733. The summed E-state index contributed by atoms with van der Waals surface area (Å²) in [7, 11) is 2.20. The van der Waals surface area contributed by atoms with Gasteiger partial charge in [-0.3, -0.25) is 4.90 Å². The maximum absolute atomic E-state index is 3.55. The number of hydrogen-bond acceptors (Lipinski definition) is 3. The fourth-order valence-electron chi connectivity index (χ4n) is 2.53. The summed E-state index contributed by atoms with van der Waals surface area (Å²) in [4.78, 5) is 4.95. The lowest BCUT2D eigenvalue weighted by Crippen LogP contribution is -2.46. The summed E-state index contributed by atoms with van der Waals surface area (Å²) in [5.41, 5.74) is 1.40. The van der Waals surface area contributed by atoms with Crippen LogP contribution in [0.15, 0.2) is 18.5 Å². The van der Waals surface area contributed by atoms with E-state index in [0.29, 0.717) is 0 Å². The van der Waals surface area contributed by atoms with Crippen LogP contribution >= 0.6 is 0 Å². The lowest BCUT2D eigenvalue weighted by molar-refractivity contribution is 0.154. The van der Waals surface area contributed by atoms with Gasteiger partial charge in [0.2, 0.25) is 0 Å². The quantitative estimate of drug-likeness (QED) is 0.750. The molecule has 0 amide bonds. The van der Waals surface area contributed by atoms with Crippen LogP contribution in [0.25, 0.3) is 0 Å². The first kappa shape index (κ1) is 14.6. The highest BCUT2D eigenvalue weighted by Gasteiger charge is 2.12. The summed E-state index contributed by atoms with van der Waals surface area (Å²) in [6.45, 7) is 11.4. The van der Waals surface area contributed by atoms with Gasteiger partial charge >= 0.3 is 0 Å². The van der Waals surface area contributed by atoms with Gasteiger partial charge in [-0.25, -0.2) is 0 Å². The predicted molar refractivity (Wildman–Crippen MR) is 80.4 cm³/mol. The van der Waals surface area contributed by atoms with E-state index < -0.39 is 0 Å². The first-order valence-corrected chi connectivity index (χ1v) is 7.54. The van der Waals surface area contributed by atoms with E-state index in [-0.39, 0.29) is 0 Å². The van der Waals surface area contributed by atoms with E-state index in [4.69, 9.17) is 0 Å². The van der Waals surface area contributed by atoms with Crippen molar-refractivity contribution in [2.75, 3.05) is 46.3 Å². The van der Waals surface area contributed by atoms with E-state index in [1.54, 1.807) is 0 Å². The molecular formula is C15H28N4. The number of hydrogen-bond donors (Lipinski definition) is 1. The van der Waals surface area contributed by atoms with Gasteiger partial charge in [0.25, 0.3) is 0 Å². The highest BCUT2D eigenvalue weighted by molar-refractivity contribution is 5.09. The van der Waals surface area contributed by atoms with Gasteiger partial charge in [0.15, 0.2) is 0 Å². The van der Waals surface area contributed by atoms with Crippen LogP contribution < -0.4 is 5.32 Å². The van der Waals surface area contributed by atoms with Crippen molar-refractivity contribution in [2.24, 2.45) is 0 Å². The molecule has 0 saturated carbocycles. The number of aromatic nitrogens is 1. The van der Waals surface area contributed by atoms with E-state index in [1.165, 1.54) is 44.7 Å². The van der Waals surface area contributed by atoms with E-state index >= 15 is 0 Å². The smallest absolute Gasteiger partial charge is 0.0221 e. The second-order valence-corrected chi connectivity index (χ2v) is 5.58. The summed E-state index contributed by atoms with van der Waals surface area (Å²) in [5, 5.41) is 3.55. The molecule has 0 spiro atoms. The maximum atomic E-state index is 3.55. The number of rotatable bonds is 7. The molecule has 0 aliphatic carbocycles. The van der Waals surface area contributed by atoms with E-state index in [0.717, 1.165) is 19.6 Å². The number of aryl methyl sites for hydroxylation is 1. The Morgan fingerprint density at radius 3 is 2.68 bits per heavy atom. The molecule has 1 aliphatic rings. The third-order valence-electron chi connectivity index (χ3n) is 3.82. The second kappa shape index (κ2) is 7.68. The fourth-order valence-corrected chi connectivity index (χ4v) is 2.53. The molecule has 1 aromatic rings. The average Bonchev–Trinajstić information content (AvgIpc) is 2.85. The monoisotopic (exact) mass is 264 g/mol. The van der Waals surface area contributed by atoms with Crippen LogP contribution in [-0.4, -0.2) is 60.7 Å². The molecule has 0 radical (unpaired) electrons. The molecule has 19 heavy (non-hydrogen) atoms. The number of nitrogens with zero attached hydrogens (tertiary/aromatic N) is 3. The van der Waals surface area contributed by atoms with Gasteiger partial charge in [-0.05, 0) is 25.1 Å². The van der Waals surface area contributed by atoms with Gasteiger partial charge in [0, 0.05) is 64.8 Å². The lowest BCUT2D eigenvalue weighted by Gasteiger charge is -2.32. The van der Waals surface area contributed by atoms with Gasteiger partial charge in [-0.2, -0.15) is 0 Å². The third kappa shape index (κ3) is 4.97. The standard InChI is InChI=1S/C15H28N4/c1-3-6-19-7-4-15(14-19)13-16-5-8-18-11-9-17(2)10-12-18/h4,7,14,16H,3,5-6,8-13H2,1-2H3. The summed E-state index contributed by atoms with van der Waals surface area (Å²) in [6.07, 6.45) is 5.64. The molecule has 1 aliphatic heterocycles. The van der Waals surface area contributed by atoms with Crippen LogP contribution in [0.3, 0.4) is 0 Å². The summed E-state index contributed by atoms with van der Waals surface area (Å²) in [6, 6.07) is 2.22. The molecule has 1 saturated heterocycles. The molecule has 1 aromatic heterocycles. The Hall–Kier alpha value is -0.840. The van der Waals surface area contributed by atoms with Crippen LogP contribution in [0.5, 0.6) is 0 Å². The molecule has 0 atom stereocenters. The number of likely N-dealkylation sites (N-methyl/N-ethyl adjacent to an activating group) is 1. The van der Waals surface area contributed by atoms with E-state index in [9.17, 15) is 0 Å². The SMILES string of the molecule is CCCn1ccc(CNCCN2CCN(C)CC2)c1. The molecule has 4 heteroatoms. The second-order valence-electron chi connectivity index (χ2n) is 5.58. The van der Waals surface area contributed by atoms with Crippen LogP contribution in [0.4, 0.5) is 0 Å². The van der Waals surface area contributed by atoms with Crippen molar-refractivity contribution < 1.29 is 0 Å². The largest absolute Gasteiger partial charge is 0.354 e. The van der Waals surface area contributed by atoms with Crippen LogP contribution in [0.2, 0.25) is 0 Å². The first-order chi connectivity index (χ1) is 9.28. The van der Waals surface area contributed by atoms with Crippen LogP contribution in [-0.2, 0) is 13.1 Å². The van der Waals surface area contributed by atoms with Crippen molar-refractivity contribution in [3.05, 3.63) is 24.0 Å². The van der Waals surface area contributed by atoms with Gasteiger partial charge in [-0.1, -0.05) is 6.92 Å². The van der Waals surface area contributed by atoms with Gasteiger partial charge in [-0.15, -0.1) is 0 Å². The Morgan fingerprint density at radius 1 is 1.16 bits per heavy atom. The molecule has 4 nitrogen and oxygen atoms in total. The zero-order chi connectivity index (χ0) is 13.5. The molecular weight excluding hydrogens is 236 g/mol. The van der Waals surface area contributed by atoms with Crippen molar-refractivity contribution in [3.63, 3.8) is 0 Å².